The van der Waals surface area contributed by atoms with Crippen LogP contribution in [-0.4, -0.2) is 67.5 Å². The van der Waals surface area contributed by atoms with Gasteiger partial charge in [0.05, 0.1) is 7.11 Å². The summed E-state index contributed by atoms with van der Waals surface area (Å²) in [6.45, 7) is 6.39. The maximum absolute atomic E-state index is 13.9. The van der Waals surface area contributed by atoms with Gasteiger partial charge in [0.2, 0.25) is 5.91 Å². The van der Waals surface area contributed by atoms with Crippen LogP contribution in [0, 0.1) is 11.7 Å². The zero-order chi connectivity index (χ0) is 21.5. The molecule has 2 heterocycles. The lowest BCUT2D eigenvalue weighted by Gasteiger charge is -2.32. The van der Waals surface area contributed by atoms with Crippen molar-refractivity contribution >= 4 is 11.8 Å². The molecule has 1 aromatic rings. The zero-order valence-electron chi connectivity index (χ0n) is 18.2. The van der Waals surface area contributed by atoms with Gasteiger partial charge in [-0.2, -0.15) is 0 Å². The predicted octanol–water partition coefficient (Wildman–Crippen LogP) is 3.07. The Morgan fingerprint density at radius 2 is 1.97 bits per heavy atom. The number of amides is 2. The molecule has 2 aliphatic rings. The molecule has 30 heavy (non-hydrogen) atoms. The first-order valence-electron chi connectivity index (χ1n) is 11.1. The number of benzene rings is 1. The van der Waals surface area contributed by atoms with E-state index in [0.717, 1.165) is 38.9 Å². The van der Waals surface area contributed by atoms with Crippen molar-refractivity contribution in [2.75, 3.05) is 39.8 Å². The molecule has 0 aromatic heterocycles. The zero-order valence-corrected chi connectivity index (χ0v) is 18.2. The summed E-state index contributed by atoms with van der Waals surface area (Å²) >= 11 is 0. The Labute approximate surface area is 178 Å². The lowest BCUT2D eigenvalue weighted by molar-refractivity contribution is -0.121. The van der Waals surface area contributed by atoms with Gasteiger partial charge in [0.25, 0.3) is 5.91 Å². The van der Waals surface area contributed by atoms with Crippen LogP contribution in [0.25, 0.3) is 0 Å². The fraction of sp³-hybridized carbons (Fsp3) is 0.652. The van der Waals surface area contributed by atoms with E-state index in [9.17, 15) is 14.0 Å². The van der Waals surface area contributed by atoms with E-state index in [2.05, 4.69) is 17.1 Å². The molecule has 0 aliphatic carbocycles. The SMILES string of the molecule is CCN1CCC[C@H]1CNC(=O)CCC1CCN(C(=O)c2ccc(OC)c(F)c2)CC1. The highest BCUT2D eigenvalue weighted by Gasteiger charge is 2.26. The number of halogens is 1. The molecule has 2 saturated heterocycles. The number of hydrogen-bond donors (Lipinski definition) is 1. The number of nitrogens with one attached hydrogen (secondary N) is 1. The van der Waals surface area contributed by atoms with E-state index in [4.69, 9.17) is 4.74 Å². The fourth-order valence-corrected chi connectivity index (χ4v) is 4.60. The molecule has 3 rings (SSSR count). The number of likely N-dealkylation sites (tertiary alicyclic amines) is 2. The van der Waals surface area contributed by atoms with Crippen molar-refractivity contribution in [3.63, 3.8) is 0 Å². The molecular weight excluding hydrogens is 385 g/mol. The van der Waals surface area contributed by atoms with Gasteiger partial charge in [-0.25, -0.2) is 4.39 Å². The van der Waals surface area contributed by atoms with Crippen LogP contribution < -0.4 is 10.1 Å². The van der Waals surface area contributed by atoms with Crippen molar-refractivity contribution in [1.29, 1.82) is 0 Å². The highest BCUT2D eigenvalue weighted by molar-refractivity contribution is 5.94. The van der Waals surface area contributed by atoms with E-state index in [-0.39, 0.29) is 17.6 Å². The van der Waals surface area contributed by atoms with Gasteiger partial charge in [-0.3, -0.25) is 14.5 Å². The standard InChI is InChI=1S/C23H34FN3O3/c1-3-26-12-4-5-19(26)16-25-22(28)9-6-17-10-13-27(14-11-17)23(29)18-7-8-21(30-2)20(24)15-18/h7-8,15,17,19H,3-6,9-14,16H2,1-2H3,(H,25,28)/t19-/m0/s1. The van der Waals surface area contributed by atoms with Crippen LogP contribution in [0.4, 0.5) is 4.39 Å². The van der Waals surface area contributed by atoms with Crippen molar-refractivity contribution in [1.82, 2.24) is 15.1 Å². The number of carbonyl (C=O) groups excluding carboxylic acids is 2. The van der Waals surface area contributed by atoms with Gasteiger partial charge in [0.15, 0.2) is 11.6 Å². The first-order chi connectivity index (χ1) is 14.5. The molecule has 0 radical (unpaired) electrons. The number of methoxy groups -OCH3 is 1. The minimum absolute atomic E-state index is 0.130. The summed E-state index contributed by atoms with van der Waals surface area (Å²) in [5.74, 6) is 0.0451. The normalized spacial score (nSPS) is 20.4. The summed E-state index contributed by atoms with van der Waals surface area (Å²) in [4.78, 5) is 29.1. The maximum atomic E-state index is 13.9. The van der Waals surface area contributed by atoms with E-state index < -0.39 is 5.82 Å². The molecule has 7 heteroatoms. The van der Waals surface area contributed by atoms with E-state index in [1.54, 1.807) is 11.0 Å². The lowest BCUT2D eigenvalue weighted by Crippen LogP contribution is -2.40. The Balaban J connectivity index is 1.37. The molecule has 1 atom stereocenters. The summed E-state index contributed by atoms with van der Waals surface area (Å²) < 4.78 is 18.8. The number of rotatable bonds is 8. The first-order valence-corrected chi connectivity index (χ1v) is 11.1. The highest BCUT2D eigenvalue weighted by atomic mass is 19.1. The summed E-state index contributed by atoms with van der Waals surface area (Å²) in [6, 6.07) is 4.81. The van der Waals surface area contributed by atoms with Gasteiger partial charge in [-0.05, 0) is 69.3 Å². The minimum Gasteiger partial charge on any atom is -0.494 e. The fourth-order valence-electron chi connectivity index (χ4n) is 4.60. The summed E-state index contributed by atoms with van der Waals surface area (Å²) in [5, 5.41) is 3.10. The Morgan fingerprint density at radius 1 is 1.20 bits per heavy atom. The molecular formula is C23H34FN3O3. The molecule has 2 fully saturated rings. The van der Waals surface area contributed by atoms with Gasteiger partial charge in [-0.1, -0.05) is 6.92 Å². The number of hydrogen-bond acceptors (Lipinski definition) is 4. The second-order valence-electron chi connectivity index (χ2n) is 8.35. The van der Waals surface area contributed by atoms with Crippen LogP contribution >= 0.6 is 0 Å². The van der Waals surface area contributed by atoms with Crippen molar-refractivity contribution in [3.05, 3.63) is 29.6 Å². The molecule has 0 saturated carbocycles. The van der Waals surface area contributed by atoms with Gasteiger partial charge < -0.3 is 15.0 Å². The average molecular weight is 420 g/mol. The van der Waals surface area contributed by atoms with E-state index in [1.165, 1.54) is 32.1 Å². The van der Waals surface area contributed by atoms with Gasteiger partial charge in [0, 0.05) is 37.7 Å². The Kier molecular flexibility index (Phi) is 8.08. The smallest absolute Gasteiger partial charge is 0.253 e. The quantitative estimate of drug-likeness (QED) is 0.704. The molecule has 6 nitrogen and oxygen atoms in total. The predicted molar refractivity (Wildman–Crippen MR) is 114 cm³/mol. The largest absolute Gasteiger partial charge is 0.494 e. The topological polar surface area (TPSA) is 61.9 Å². The molecule has 0 unspecified atom stereocenters. The second-order valence-corrected chi connectivity index (χ2v) is 8.35. The van der Waals surface area contributed by atoms with Crippen LogP contribution in [0.3, 0.4) is 0 Å². The van der Waals surface area contributed by atoms with Crippen LogP contribution in [0.2, 0.25) is 0 Å². The van der Waals surface area contributed by atoms with E-state index in [1.807, 2.05) is 0 Å². The third kappa shape index (κ3) is 5.72. The summed E-state index contributed by atoms with van der Waals surface area (Å²) in [6.07, 6.45) is 5.54. The van der Waals surface area contributed by atoms with Gasteiger partial charge >= 0.3 is 0 Å². The monoisotopic (exact) mass is 419 g/mol. The van der Waals surface area contributed by atoms with Crippen molar-refractivity contribution < 1.29 is 18.7 Å². The molecule has 0 spiro atoms. The van der Waals surface area contributed by atoms with Gasteiger partial charge in [0.1, 0.15) is 0 Å². The molecule has 1 N–H and O–H groups in total. The van der Waals surface area contributed by atoms with Crippen LogP contribution in [0.1, 0.15) is 55.8 Å². The Morgan fingerprint density at radius 3 is 2.63 bits per heavy atom. The number of carbonyl (C=O) groups is 2. The molecule has 0 bridgehead atoms. The van der Waals surface area contributed by atoms with E-state index in [0.29, 0.717) is 37.0 Å². The third-order valence-corrected chi connectivity index (χ3v) is 6.52. The highest BCUT2D eigenvalue weighted by Crippen LogP contribution is 2.24. The number of nitrogens with zero attached hydrogens (tertiary/aromatic N) is 2. The second kappa shape index (κ2) is 10.8. The third-order valence-electron chi connectivity index (χ3n) is 6.52. The molecule has 1 aromatic carbocycles. The molecule has 166 valence electrons. The van der Waals surface area contributed by atoms with Crippen LogP contribution in [-0.2, 0) is 4.79 Å². The summed E-state index contributed by atoms with van der Waals surface area (Å²) in [7, 11) is 1.40. The Bertz CT molecular complexity index is 734. The van der Waals surface area contributed by atoms with Crippen LogP contribution in [0.15, 0.2) is 18.2 Å². The van der Waals surface area contributed by atoms with Crippen LogP contribution in [0.5, 0.6) is 5.75 Å². The average Bonchev–Trinajstić information content (AvgIpc) is 3.23. The van der Waals surface area contributed by atoms with Crippen molar-refractivity contribution in [3.8, 4) is 5.75 Å². The van der Waals surface area contributed by atoms with Crippen molar-refractivity contribution in [2.45, 2.75) is 51.5 Å². The lowest BCUT2D eigenvalue weighted by atomic mass is 9.91. The van der Waals surface area contributed by atoms with Gasteiger partial charge in [-0.15, -0.1) is 0 Å². The maximum Gasteiger partial charge on any atom is 0.253 e. The van der Waals surface area contributed by atoms with Crippen molar-refractivity contribution in [2.24, 2.45) is 5.92 Å². The summed E-state index contributed by atoms with van der Waals surface area (Å²) in [5.41, 5.74) is 0.346. The number of ether oxygens (including phenoxy) is 1. The number of piperidine rings is 1. The Hall–Kier alpha value is -2.15. The first kappa shape index (κ1) is 22.5. The molecule has 2 amide bonds. The molecule has 2 aliphatic heterocycles. The minimum atomic E-state index is -0.524. The van der Waals surface area contributed by atoms with E-state index >= 15 is 0 Å². The number of likely N-dealkylation sites (N-methyl/N-ethyl adjacent to an activating group) is 1.